The number of fused-ring (bicyclic) bond motifs is 1. The minimum atomic E-state index is -0.790. The number of hydrogen-bond donors (Lipinski definition) is 0. The van der Waals surface area contributed by atoms with Crippen molar-refractivity contribution in [3.63, 3.8) is 0 Å². The third-order valence-corrected chi connectivity index (χ3v) is 2.91. The summed E-state index contributed by atoms with van der Waals surface area (Å²) in [5, 5.41) is 0.476. The Balaban J connectivity index is 2.41. The van der Waals surface area contributed by atoms with Crippen LogP contribution in [0.4, 0.5) is 10.5 Å². The Kier molecular flexibility index (Phi) is 3.56. The number of halogens is 1. The number of anilines is 1. The lowest BCUT2D eigenvalue weighted by atomic mass is 10.1. The maximum atomic E-state index is 12.1. The minimum Gasteiger partial charge on any atom is -0.442 e. The first-order valence-electron chi connectivity index (χ1n) is 6.09. The van der Waals surface area contributed by atoms with Crippen LogP contribution in [0.25, 0.3) is 0 Å². The van der Waals surface area contributed by atoms with Crippen LogP contribution in [0.2, 0.25) is 5.02 Å². The van der Waals surface area contributed by atoms with E-state index in [1.54, 1.807) is 46.0 Å². The second-order valence-electron chi connectivity index (χ2n) is 5.47. The molecule has 6 heteroatoms. The zero-order valence-electron chi connectivity index (χ0n) is 11.7. The average Bonchev–Trinajstić information content (AvgIpc) is 2.52. The van der Waals surface area contributed by atoms with Crippen LogP contribution in [0.5, 0.6) is 0 Å². The molecule has 20 heavy (non-hydrogen) atoms. The zero-order valence-corrected chi connectivity index (χ0v) is 12.5. The van der Waals surface area contributed by atoms with Crippen molar-refractivity contribution in [1.82, 2.24) is 0 Å². The molecule has 0 aromatic heterocycles. The maximum Gasteiger partial charge on any atom is 0.434 e. The SMILES string of the molecule is CN1C(=O)/C(=N/C(=O)OC(C)(C)C)c2cc(Cl)ccc21. The molecule has 0 saturated carbocycles. The summed E-state index contributed by atoms with van der Waals surface area (Å²) in [5.74, 6) is -0.354. The lowest BCUT2D eigenvalue weighted by Crippen LogP contribution is -2.27. The van der Waals surface area contributed by atoms with Gasteiger partial charge in [-0.15, -0.1) is 0 Å². The van der Waals surface area contributed by atoms with E-state index in [-0.39, 0.29) is 11.6 Å². The van der Waals surface area contributed by atoms with E-state index in [4.69, 9.17) is 16.3 Å². The van der Waals surface area contributed by atoms with E-state index < -0.39 is 11.7 Å². The lowest BCUT2D eigenvalue weighted by Gasteiger charge is -2.17. The molecule has 1 aliphatic heterocycles. The van der Waals surface area contributed by atoms with Crippen LogP contribution in [0, 0.1) is 0 Å². The van der Waals surface area contributed by atoms with Gasteiger partial charge in [-0.05, 0) is 39.0 Å². The average molecular weight is 295 g/mol. The Morgan fingerprint density at radius 2 is 2.00 bits per heavy atom. The highest BCUT2D eigenvalue weighted by Gasteiger charge is 2.32. The van der Waals surface area contributed by atoms with Crippen LogP contribution in [0.3, 0.4) is 0 Å². The van der Waals surface area contributed by atoms with Crippen LogP contribution < -0.4 is 4.90 Å². The largest absolute Gasteiger partial charge is 0.442 e. The van der Waals surface area contributed by atoms with E-state index in [1.165, 1.54) is 4.90 Å². The maximum absolute atomic E-state index is 12.1. The van der Waals surface area contributed by atoms with Crippen molar-refractivity contribution in [2.75, 3.05) is 11.9 Å². The summed E-state index contributed by atoms with van der Waals surface area (Å²) < 4.78 is 5.10. The van der Waals surface area contributed by atoms with E-state index in [0.29, 0.717) is 16.3 Å². The molecular weight excluding hydrogens is 280 g/mol. The molecule has 0 bridgehead atoms. The molecule has 0 saturated heterocycles. The summed E-state index contributed by atoms with van der Waals surface area (Å²) in [6.07, 6.45) is -0.790. The van der Waals surface area contributed by atoms with Crippen LogP contribution in [-0.4, -0.2) is 30.4 Å². The molecule has 0 aliphatic carbocycles. The molecule has 0 atom stereocenters. The van der Waals surface area contributed by atoms with Crippen LogP contribution in [-0.2, 0) is 9.53 Å². The number of carbonyl (C=O) groups excluding carboxylic acids is 2. The van der Waals surface area contributed by atoms with Crippen molar-refractivity contribution in [2.24, 2.45) is 4.99 Å². The Morgan fingerprint density at radius 1 is 1.35 bits per heavy atom. The molecule has 0 spiro atoms. The second kappa shape index (κ2) is 4.90. The van der Waals surface area contributed by atoms with Gasteiger partial charge in [0.25, 0.3) is 5.91 Å². The van der Waals surface area contributed by atoms with Gasteiger partial charge in [0.05, 0.1) is 5.69 Å². The van der Waals surface area contributed by atoms with Gasteiger partial charge >= 0.3 is 6.09 Å². The molecule has 0 fully saturated rings. The van der Waals surface area contributed by atoms with Gasteiger partial charge < -0.3 is 9.64 Å². The predicted molar refractivity (Wildman–Crippen MR) is 77.6 cm³/mol. The van der Waals surface area contributed by atoms with Crippen LogP contribution in [0.15, 0.2) is 23.2 Å². The summed E-state index contributed by atoms with van der Waals surface area (Å²) in [6.45, 7) is 5.20. The topological polar surface area (TPSA) is 59.0 Å². The third-order valence-electron chi connectivity index (χ3n) is 2.68. The number of ether oxygens (including phenoxy) is 1. The number of hydrogen-bond acceptors (Lipinski definition) is 3. The molecule has 0 unspecified atom stereocenters. The summed E-state index contributed by atoms with van der Waals surface area (Å²) in [6, 6.07) is 5.01. The zero-order chi connectivity index (χ0) is 15.1. The lowest BCUT2D eigenvalue weighted by molar-refractivity contribution is -0.112. The quantitative estimate of drug-likeness (QED) is 0.739. The number of nitrogens with zero attached hydrogens (tertiary/aromatic N) is 2. The monoisotopic (exact) mass is 294 g/mol. The Hall–Kier alpha value is -1.88. The molecule has 0 N–H and O–H groups in total. The van der Waals surface area contributed by atoms with E-state index in [2.05, 4.69) is 4.99 Å². The van der Waals surface area contributed by atoms with Gasteiger partial charge in [-0.25, -0.2) is 4.79 Å². The molecule has 106 valence electrons. The number of likely N-dealkylation sites (N-methyl/N-ethyl adjacent to an activating group) is 1. The highest BCUT2D eigenvalue weighted by atomic mass is 35.5. The summed E-state index contributed by atoms with van der Waals surface area (Å²) in [4.78, 5) is 29.1. The highest BCUT2D eigenvalue weighted by molar-refractivity contribution is 6.55. The fourth-order valence-electron chi connectivity index (χ4n) is 1.86. The smallest absolute Gasteiger partial charge is 0.434 e. The van der Waals surface area contributed by atoms with Crippen molar-refractivity contribution in [3.05, 3.63) is 28.8 Å². The van der Waals surface area contributed by atoms with Gasteiger partial charge in [0.2, 0.25) is 0 Å². The first-order valence-corrected chi connectivity index (χ1v) is 6.46. The number of aliphatic imine (C=N–C) groups is 1. The van der Waals surface area contributed by atoms with Crippen molar-refractivity contribution in [3.8, 4) is 0 Å². The molecule has 1 aliphatic rings. The summed E-state index contributed by atoms with van der Waals surface area (Å²) in [5.41, 5.74) is 0.600. The fourth-order valence-corrected chi connectivity index (χ4v) is 2.03. The highest BCUT2D eigenvalue weighted by Crippen LogP contribution is 2.30. The Labute approximate surface area is 122 Å². The van der Waals surface area contributed by atoms with Gasteiger partial charge in [-0.3, -0.25) is 4.79 Å². The minimum absolute atomic E-state index is 0.0549. The number of amides is 2. The van der Waals surface area contributed by atoms with Gasteiger partial charge in [0, 0.05) is 17.6 Å². The number of rotatable bonds is 0. The fraction of sp³-hybridized carbons (Fsp3) is 0.357. The van der Waals surface area contributed by atoms with Crippen molar-refractivity contribution >= 4 is 35.0 Å². The number of benzene rings is 1. The summed E-state index contributed by atoms with van der Waals surface area (Å²) in [7, 11) is 1.62. The van der Waals surface area contributed by atoms with Gasteiger partial charge in [-0.2, -0.15) is 4.99 Å². The van der Waals surface area contributed by atoms with E-state index in [9.17, 15) is 9.59 Å². The van der Waals surface area contributed by atoms with E-state index in [0.717, 1.165) is 0 Å². The van der Waals surface area contributed by atoms with Crippen molar-refractivity contribution < 1.29 is 14.3 Å². The van der Waals surface area contributed by atoms with Gasteiger partial charge in [0.15, 0.2) is 0 Å². The molecule has 0 radical (unpaired) electrons. The van der Waals surface area contributed by atoms with Gasteiger partial charge in [-0.1, -0.05) is 11.6 Å². The predicted octanol–water partition coefficient (Wildman–Crippen LogP) is 3.04. The van der Waals surface area contributed by atoms with Crippen LogP contribution in [0.1, 0.15) is 26.3 Å². The molecule has 2 rings (SSSR count). The summed E-state index contributed by atoms with van der Waals surface area (Å²) >= 11 is 5.93. The van der Waals surface area contributed by atoms with Crippen molar-refractivity contribution in [2.45, 2.75) is 26.4 Å². The Bertz CT molecular complexity index is 617. The van der Waals surface area contributed by atoms with Crippen molar-refractivity contribution in [1.29, 1.82) is 0 Å². The normalized spacial score (nSPS) is 16.6. The standard InChI is InChI=1S/C14H15ClN2O3/c1-14(2,3)20-13(19)16-11-9-7-8(15)5-6-10(9)17(4)12(11)18/h5-7H,1-4H3/b16-11+. The molecule has 1 heterocycles. The molecular formula is C14H15ClN2O3. The molecule has 5 nitrogen and oxygen atoms in total. The Morgan fingerprint density at radius 3 is 2.60 bits per heavy atom. The van der Waals surface area contributed by atoms with E-state index in [1.807, 2.05) is 0 Å². The third kappa shape index (κ3) is 2.82. The second-order valence-corrected chi connectivity index (χ2v) is 5.90. The molecule has 1 aromatic rings. The van der Waals surface area contributed by atoms with Crippen LogP contribution >= 0.6 is 11.6 Å². The number of carbonyl (C=O) groups is 2. The van der Waals surface area contributed by atoms with Gasteiger partial charge in [0.1, 0.15) is 11.3 Å². The molecule has 2 amide bonds. The first kappa shape index (κ1) is 14.5. The van der Waals surface area contributed by atoms with E-state index >= 15 is 0 Å². The first-order chi connectivity index (χ1) is 9.19. The molecule has 1 aromatic carbocycles.